The molecule has 0 radical (unpaired) electrons. The average Bonchev–Trinajstić information content (AvgIpc) is 2.52. The monoisotopic (exact) mass is 285 g/mol. The number of para-hydroxylation sites is 1. The molecule has 2 aromatic rings. The minimum atomic E-state index is -0.291. The number of hydrogen-bond acceptors (Lipinski definition) is 2. The van der Waals surface area contributed by atoms with Crippen LogP contribution in [0.2, 0.25) is 0 Å². The van der Waals surface area contributed by atoms with Crippen LogP contribution in [-0.4, -0.2) is 13.0 Å². The van der Waals surface area contributed by atoms with Crippen molar-refractivity contribution in [2.45, 2.75) is 6.54 Å². The Morgan fingerprint density at radius 1 is 1.19 bits per heavy atom. The molecule has 0 aliphatic heterocycles. The first-order valence-corrected chi connectivity index (χ1v) is 6.52. The minimum Gasteiger partial charge on any atom is -0.496 e. The third-order valence-electron chi connectivity index (χ3n) is 2.93. The zero-order valence-corrected chi connectivity index (χ0v) is 11.7. The average molecular weight is 285 g/mol. The van der Waals surface area contributed by atoms with Gasteiger partial charge in [-0.15, -0.1) is 0 Å². The van der Waals surface area contributed by atoms with Gasteiger partial charge in [-0.1, -0.05) is 30.3 Å². The number of halogens is 1. The topological polar surface area (TPSA) is 38.3 Å². The number of ether oxygens (including phenoxy) is 1. The largest absolute Gasteiger partial charge is 0.496 e. The van der Waals surface area contributed by atoms with E-state index in [0.717, 1.165) is 11.1 Å². The van der Waals surface area contributed by atoms with E-state index in [2.05, 4.69) is 5.32 Å². The summed E-state index contributed by atoms with van der Waals surface area (Å²) in [6, 6.07) is 13.4. The second-order valence-corrected chi connectivity index (χ2v) is 4.42. The van der Waals surface area contributed by atoms with E-state index in [1.165, 1.54) is 18.2 Å². The van der Waals surface area contributed by atoms with Gasteiger partial charge >= 0.3 is 0 Å². The molecule has 3 nitrogen and oxygen atoms in total. The van der Waals surface area contributed by atoms with Crippen molar-refractivity contribution >= 4 is 12.0 Å². The van der Waals surface area contributed by atoms with Gasteiger partial charge in [0.25, 0.3) is 0 Å². The number of carbonyl (C=O) groups excluding carboxylic acids is 1. The molecule has 0 saturated carbocycles. The lowest BCUT2D eigenvalue weighted by Gasteiger charge is -2.04. The third kappa shape index (κ3) is 4.45. The molecule has 0 aliphatic carbocycles. The van der Waals surface area contributed by atoms with Crippen LogP contribution in [0.25, 0.3) is 6.08 Å². The minimum absolute atomic E-state index is 0.217. The predicted octanol–water partition coefficient (Wildman–Crippen LogP) is 3.16. The highest BCUT2D eigenvalue weighted by atomic mass is 19.1. The van der Waals surface area contributed by atoms with E-state index in [4.69, 9.17) is 4.74 Å². The highest BCUT2D eigenvalue weighted by Crippen LogP contribution is 2.18. The van der Waals surface area contributed by atoms with E-state index in [1.54, 1.807) is 25.3 Å². The lowest BCUT2D eigenvalue weighted by atomic mass is 10.2. The van der Waals surface area contributed by atoms with Gasteiger partial charge in [-0.2, -0.15) is 0 Å². The predicted molar refractivity (Wildman–Crippen MR) is 80.3 cm³/mol. The van der Waals surface area contributed by atoms with Crippen LogP contribution >= 0.6 is 0 Å². The molecule has 0 atom stereocenters. The summed E-state index contributed by atoms with van der Waals surface area (Å²) in [6.07, 6.45) is 3.14. The molecule has 0 fully saturated rings. The lowest BCUT2D eigenvalue weighted by molar-refractivity contribution is -0.116. The number of hydrogen-bond donors (Lipinski definition) is 1. The molecule has 1 N–H and O–H groups in total. The van der Waals surface area contributed by atoms with Gasteiger partial charge in [-0.05, 0) is 29.8 Å². The van der Waals surface area contributed by atoms with Crippen LogP contribution in [0.15, 0.2) is 54.6 Å². The maximum Gasteiger partial charge on any atom is 0.244 e. The van der Waals surface area contributed by atoms with Crippen LogP contribution in [-0.2, 0) is 11.3 Å². The molecule has 0 bridgehead atoms. The van der Waals surface area contributed by atoms with Crippen molar-refractivity contribution in [1.82, 2.24) is 5.32 Å². The first-order chi connectivity index (χ1) is 10.2. The molecule has 1 amide bonds. The van der Waals surface area contributed by atoms with Crippen molar-refractivity contribution in [3.8, 4) is 5.75 Å². The number of amides is 1. The van der Waals surface area contributed by atoms with E-state index in [-0.39, 0.29) is 11.7 Å². The standard InChI is InChI=1S/C17H16FNO2/c1-21-16-5-3-2-4-14(16)8-11-17(20)19-12-13-6-9-15(18)10-7-13/h2-11H,12H2,1H3,(H,19,20)/b11-8-. The van der Waals surface area contributed by atoms with E-state index >= 15 is 0 Å². The normalized spacial score (nSPS) is 10.6. The fraction of sp³-hybridized carbons (Fsp3) is 0.118. The molecule has 21 heavy (non-hydrogen) atoms. The quantitative estimate of drug-likeness (QED) is 0.857. The second kappa shape index (κ2) is 7.24. The van der Waals surface area contributed by atoms with Crippen molar-refractivity contribution in [3.63, 3.8) is 0 Å². The van der Waals surface area contributed by atoms with Gasteiger partial charge in [0.2, 0.25) is 5.91 Å². The maximum atomic E-state index is 12.8. The van der Waals surface area contributed by atoms with Crippen LogP contribution in [0.4, 0.5) is 4.39 Å². The zero-order chi connectivity index (χ0) is 15.1. The Labute approximate surface area is 123 Å². The first kappa shape index (κ1) is 14.8. The van der Waals surface area contributed by atoms with E-state index in [0.29, 0.717) is 12.3 Å². The molecule has 0 aromatic heterocycles. The highest BCUT2D eigenvalue weighted by Gasteiger charge is 2.00. The molecule has 0 spiro atoms. The second-order valence-electron chi connectivity index (χ2n) is 4.42. The summed E-state index contributed by atoms with van der Waals surface area (Å²) in [5, 5.41) is 2.74. The Balaban J connectivity index is 1.92. The molecule has 0 saturated heterocycles. The summed E-state index contributed by atoms with van der Waals surface area (Å²) in [7, 11) is 1.58. The highest BCUT2D eigenvalue weighted by molar-refractivity contribution is 5.92. The number of methoxy groups -OCH3 is 1. The molecule has 2 rings (SSSR count). The zero-order valence-electron chi connectivity index (χ0n) is 11.7. The summed E-state index contributed by atoms with van der Waals surface area (Å²) in [4.78, 5) is 11.7. The van der Waals surface area contributed by atoms with Crippen LogP contribution < -0.4 is 10.1 Å². The Kier molecular flexibility index (Phi) is 5.10. The smallest absolute Gasteiger partial charge is 0.244 e. The van der Waals surface area contributed by atoms with Gasteiger partial charge in [-0.3, -0.25) is 4.79 Å². The van der Waals surface area contributed by atoms with E-state index < -0.39 is 0 Å². The summed E-state index contributed by atoms with van der Waals surface area (Å²) < 4.78 is 18.0. The Morgan fingerprint density at radius 3 is 2.62 bits per heavy atom. The van der Waals surface area contributed by atoms with Crippen molar-refractivity contribution in [2.24, 2.45) is 0 Å². The Bertz CT molecular complexity index is 635. The number of rotatable bonds is 5. The van der Waals surface area contributed by atoms with Crippen molar-refractivity contribution in [1.29, 1.82) is 0 Å². The number of benzene rings is 2. The Morgan fingerprint density at radius 2 is 1.90 bits per heavy atom. The molecule has 0 heterocycles. The van der Waals surface area contributed by atoms with E-state index in [1.807, 2.05) is 24.3 Å². The lowest BCUT2D eigenvalue weighted by Crippen LogP contribution is -2.20. The van der Waals surface area contributed by atoms with Crippen molar-refractivity contribution < 1.29 is 13.9 Å². The van der Waals surface area contributed by atoms with Crippen LogP contribution in [0, 0.1) is 5.82 Å². The molecule has 0 aliphatic rings. The third-order valence-corrected chi connectivity index (χ3v) is 2.93. The number of nitrogens with one attached hydrogen (secondary N) is 1. The fourth-order valence-electron chi connectivity index (χ4n) is 1.82. The first-order valence-electron chi connectivity index (χ1n) is 6.52. The molecular formula is C17H16FNO2. The fourth-order valence-corrected chi connectivity index (χ4v) is 1.82. The van der Waals surface area contributed by atoms with Crippen molar-refractivity contribution in [3.05, 3.63) is 71.6 Å². The summed E-state index contributed by atoms with van der Waals surface area (Å²) >= 11 is 0. The summed E-state index contributed by atoms with van der Waals surface area (Å²) in [5.74, 6) is 0.200. The van der Waals surface area contributed by atoms with Crippen LogP contribution in [0.5, 0.6) is 5.75 Å². The SMILES string of the molecule is COc1ccccc1/C=C\C(=O)NCc1ccc(F)cc1. The van der Waals surface area contributed by atoms with E-state index in [9.17, 15) is 9.18 Å². The summed E-state index contributed by atoms with van der Waals surface area (Å²) in [6.45, 7) is 0.357. The van der Waals surface area contributed by atoms with Gasteiger partial charge in [0, 0.05) is 18.2 Å². The van der Waals surface area contributed by atoms with Gasteiger partial charge in [0.1, 0.15) is 11.6 Å². The van der Waals surface area contributed by atoms with Gasteiger partial charge in [0.05, 0.1) is 7.11 Å². The van der Waals surface area contributed by atoms with Gasteiger partial charge in [-0.25, -0.2) is 4.39 Å². The molecular weight excluding hydrogens is 269 g/mol. The maximum absolute atomic E-state index is 12.8. The van der Waals surface area contributed by atoms with Crippen molar-refractivity contribution in [2.75, 3.05) is 7.11 Å². The number of carbonyl (C=O) groups is 1. The molecule has 108 valence electrons. The van der Waals surface area contributed by atoms with Gasteiger partial charge < -0.3 is 10.1 Å². The molecule has 0 unspecified atom stereocenters. The molecule has 4 heteroatoms. The van der Waals surface area contributed by atoms with Crippen LogP contribution in [0.1, 0.15) is 11.1 Å². The Hall–Kier alpha value is -2.62. The molecule has 2 aromatic carbocycles. The summed E-state index contributed by atoms with van der Waals surface area (Å²) in [5.41, 5.74) is 1.67. The van der Waals surface area contributed by atoms with Crippen LogP contribution in [0.3, 0.4) is 0 Å². The van der Waals surface area contributed by atoms with Gasteiger partial charge in [0.15, 0.2) is 0 Å².